The van der Waals surface area contributed by atoms with Gasteiger partial charge in [-0.15, -0.1) is 10.0 Å². The zero-order valence-electron chi connectivity index (χ0n) is 7.01. The molecule has 3 heteroatoms. The summed E-state index contributed by atoms with van der Waals surface area (Å²) in [5.41, 5.74) is 0. The van der Waals surface area contributed by atoms with Gasteiger partial charge in [0.05, 0.1) is 0 Å². The maximum absolute atomic E-state index is 5.36. The van der Waals surface area contributed by atoms with E-state index in [9.17, 15) is 0 Å². The molecule has 0 saturated heterocycles. The van der Waals surface area contributed by atoms with Gasteiger partial charge in [0.15, 0.2) is 0 Å². The molecule has 0 radical (unpaired) electrons. The van der Waals surface area contributed by atoms with Crippen molar-refractivity contribution >= 4 is 0 Å². The lowest BCUT2D eigenvalue weighted by molar-refractivity contribution is -1.10. The van der Waals surface area contributed by atoms with Crippen LogP contribution in [0.25, 0.3) is 0 Å². The van der Waals surface area contributed by atoms with E-state index < -0.39 is 0 Å². The fourth-order valence-electron chi connectivity index (χ4n) is 0.500. The van der Waals surface area contributed by atoms with Gasteiger partial charge in [-0.25, -0.2) is 0 Å². The molecule has 0 aromatic heterocycles. The Kier molecular flexibility index (Phi) is 3.11. The van der Waals surface area contributed by atoms with E-state index in [0.717, 1.165) is 6.54 Å². The third-order valence-corrected chi connectivity index (χ3v) is 1.15. The molecule has 3 nitrogen and oxygen atoms in total. The van der Waals surface area contributed by atoms with Crippen molar-refractivity contribution in [1.82, 2.24) is 5.06 Å². The van der Waals surface area contributed by atoms with Crippen LogP contribution >= 0.6 is 0 Å². The molecule has 0 bridgehead atoms. The minimum atomic E-state index is 0.576. The molecule has 0 aliphatic carbocycles. The van der Waals surface area contributed by atoms with E-state index in [4.69, 9.17) is 4.94 Å². The summed E-state index contributed by atoms with van der Waals surface area (Å²) in [6, 6.07) is 0. The van der Waals surface area contributed by atoms with Crippen LogP contribution in [0.4, 0.5) is 0 Å². The van der Waals surface area contributed by atoms with Crippen LogP contribution < -0.4 is 0 Å². The lowest BCUT2D eigenvalue weighted by atomic mass is 10.7. The first kappa shape index (κ1) is 8.88. The highest BCUT2D eigenvalue weighted by molar-refractivity contribution is 4.05. The predicted octanol–water partition coefficient (Wildman–Crippen LogP) is 0.491. The molecular weight excluding hydrogens is 116 g/mol. The van der Waals surface area contributed by atoms with Crippen molar-refractivity contribution in [3.63, 3.8) is 0 Å². The van der Waals surface area contributed by atoms with Gasteiger partial charge >= 0.3 is 0 Å². The summed E-state index contributed by atoms with van der Waals surface area (Å²) in [7, 11) is 7.80. The topological polar surface area (TPSA) is 12.5 Å². The summed E-state index contributed by atoms with van der Waals surface area (Å²) < 4.78 is 0.576. The Labute approximate surface area is 57.3 Å². The van der Waals surface area contributed by atoms with Crippen LogP contribution in [-0.4, -0.2) is 44.4 Å². The molecule has 0 aliphatic rings. The Morgan fingerprint density at radius 1 is 1.33 bits per heavy atom. The van der Waals surface area contributed by atoms with Crippen LogP contribution in [0, 0.1) is 0 Å². The zero-order valence-corrected chi connectivity index (χ0v) is 7.01. The monoisotopic (exact) mass is 133 g/mol. The lowest BCUT2D eigenvalue weighted by Gasteiger charge is -2.26. The van der Waals surface area contributed by atoms with Crippen LogP contribution in [0.1, 0.15) is 6.92 Å². The Hall–Kier alpha value is -0.120. The molecule has 0 fully saturated rings. The second-order valence-corrected chi connectivity index (χ2v) is 2.78. The second kappa shape index (κ2) is 3.15. The van der Waals surface area contributed by atoms with Gasteiger partial charge in [-0.1, -0.05) is 0 Å². The minimum Gasteiger partial charge on any atom is -0.164 e. The highest BCUT2D eigenvalue weighted by Gasteiger charge is 2.14. The number of quaternary nitrogens is 1. The van der Waals surface area contributed by atoms with Gasteiger partial charge in [-0.2, -0.15) is 4.65 Å². The molecule has 0 N–H and O–H groups in total. The zero-order chi connectivity index (χ0) is 7.49. The van der Waals surface area contributed by atoms with E-state index in [1.54, 1.807) is 5.06 Å². The van der Waals surface area contributed by atoms with Crippen molar-refractivity contribution in [2.24, 2.45) is 0 Å². The first-order valence-corrected chi connectivity index (χ1v) is 3.18. The van der Waals surface area contributed by atoms with Crippen LogP contribution in [0.15, 0.2) is 0 Å². The van der Waals surface area contributed by atoms with E-state index in [2.05, 4.69) is 6.92 Å². The standard InChI is InChI=1S/C6H17N2O/c1-6-8(4,5)9-7(2)3/h6H2,1-5H3/q+1. The first-order chi connectivity index (χ1) is 3.98. The van der Waals surface area contributed by atoms with Gasteiger partial charge in [-0.3, -0.25) is 0 Å². The molecule has 0 rings (SSSR count). The SMILES string of the molecule is CC[N+](C)(C)ON(C)C. The number of nitrogens with zero attached hydrogens (tertiary/aromatic N) is 2. The van der Waals surface area contributed by atoms with E-state index in [0.29, 0.717) is 4.65 Å². The molecule has 0 amide bonds. The number of rotatable bonds is 3. The Morgan fingerprint density at radius 3 is 1.89 bits per heavy atom. The van der Waals surface area contributed by atoms with Crippen molar-refractivity contribution in [2.45, 2.75) is 6.92 Å². The molecular formula is C6H17N2O+. The van der Waals surface area contributed by atoms with Gasteiger partial charge in [0.1, 0.15) is 20.6 Å². The minimum absolute atomic E-state index is 0.576. The second-order valence-electron chi connectivity index (χ2n) is 2.78. The summed E-state index contributed by atoms with van der Waals surface area (Å²) >= 11 is 0. The average Bonchev–Trinajstić information content (AvgIpc) is 1.63. The average molecular weight is 133 g/mol. The maximum atomic E-state index is 5.36. The number of hydroxylamine groups is 5. The van der Waals surface area contributed by atoms with Crippen molar-refractivity contribution in [2.75, 3.05) is 34.7 Å². The quantitative estimate of drug-likeness (QED) is 0.410. The Morgan fingerprint density at radius 2 is 1.78 bits per heavy atom. The third kappa shape index (κ3) is 4.39. The summed E-state index contributed by atoms with van der Waals surface area (Å²) in [4.78, 5) is 5.36. The molecule has 0 aromatic carbocycles. The van der Waals surface area contributed by atoms with E-state index in [1.165, 1.54) is 0 Å². The predicted molar refractivity (Wildman–Crippen MR) is 37.4 cm³/mol. The van der Waals surface area contributed by atoms with Crippen LogP contribution in [0.2, 0.25) is 0 Å². The fraction of sp³-hybridized carbons (Fsp3) is 1.00. The summed E-state index contributed by atoms with van der Waals surface area (Å²) in [6.45, 7) is 3.06. The normalized spacial score (nSPS) is 12.7. The summed E-state index contributed by atoms with van der Waals surface area (Å²) in [5, 5.41) is 1.71. The maximum Gasteiger partial charge on any atom is 0.107 e. The molecule has 0 heterocycles. The van der Waals surface area contributed by atoms with Crippen molar-refractivity contribution in [3.8, 4) is 0 Å². The molecule has 0 spiro atoms. The molecule has 9 heavy (non-hydrogen) atoms. The van der Waals surface area contributed by atoms with Crippen LogP contribution in [0.5, 0.6) is 0 Å². The lowest BCUT2D eigenvalue weighted by Crippen LogP contribution is -2.43. The summed E-state index contributed by atoms with van der Waals surface area (Å²) in [6.07, 6.45) is 0. The molecule has 0 atom stereocenters. The van der Waals surface area contributed by atoms with Crippen molar-refractivity contribution in [1.29, 1.82) is 0 Å². The molecule has 0 unspecified atom stereocenters. The third-order valence-electron chi connectivity index (χ3n) is 1.15. The number of hydrogen-bond acceptors (Lipinski definition) is 2. The highest BCUT2D eigenvalue weighted by Crippen LogP contribution is 1.97. The van der Waals surface area contributed by atoms with Gasteiger partial charge in [0.2, 0.25) is 0 Å². The van der Waals surface area contributed by atoms with Crippen molar-refractivity contribution < 1.29 is 9.58 Å². The molecule has 56 valence electrons. The largest absolute Gasteiger partial charge is 0.164 e. The Balaban J connectivity index is 3.58. The van der Waals surface area contributed by atoms with Crippen LogP contribution in [0.3, 0.4) is 0 Å². The highest BCUT2D eigenvalue weighted by atomic mass is 16.9. The van der Waals surface area contributed by atoms with Gasteiger partial charge < -0.3 is 0 Å². The Bertz CT molecular complexity index is 81.1. The van der Waals surface area contributed by atoms with Crippen molar-refractivity contribution in [3.05, 3.63) is 0 Å². The van der Waals surface area contributed by atoms with E-state index in [1.807, 2.05) is 28.2 Å². The van der Waals surface area contributed by atoms with E-state index >= 15 is 0 Å². The van der Waals surface area contributed by atoms with Crippen LogP contribution in [-0.2, 0) is 4.94 Å². The molecule has 0 saturated carbocycles. The summed E-state index contributed by atoms with van der Waals surface area (Å²) in [5.74, 6) is 0. The van der Waals surface area contributed by atoms with Gasteiger partial charge in [0.25, 0.3) is 0 Å². The van der Waals surface area contributed by atoms with E-state index in [-0.39, 0.29) is 0 Å². The van der Waals surface area contributed by atoms with Gasteiger partial charge in [0, 0.05) is 14.1 Å². The fourth-order valence-corrected chi connectivity index (χ4v) is 0.500. The first-order valence-electron chi connectivity index (χ1n) is 3.18. The smallest absolute Gasteiger partial charge is 0.107 e. The molecule has 0 aromatic rings. The number of hydrogen-bond donors (Lipinski definition) is 0. The van der Waals surface area contributed by atoms with Gasteiger partial charge in [-0.05, 0) is 6.92 Å². The molecule has 0 aliphatic heterocycles.